The summed E-state index contributed by atoms with van der Waals surface area (Å²) in [6, 6.07) is 14.4. The molecule has 0 aromatic heterocycles. The van der Waals surface area contributed by atoms with Gasteiger partial charge in [-0.15, -0.1) is 0 Å². The second-order valence-corrected chi connectivity index (χ2v) is 8.41. The molecular formula is C25H32FN3O2. The van der Waals surface area contributed by atoms with Crippen LogP contribution in [-0.4, -0.2) is 29.4 Å². The lowest BCUT2D eigenvalue weighted by Gasteiger charge is -2.39. The number of aryl methyl sites for hydroxylation is 1. The van der Waals surface area contributed by atoms with Crippen LogP contribution in [0, 0.1) is 18.7 Å². The number of urea groups is 1. The van der Waals surface area contributed by atoms with Gasteiger partial charge in [0.1, 0.15) is 5.82 Å². The second-order valence-electron chi connectivity index (χ2n) is 8.41. The Hall–Kier alpha value is -2.89. The smallest absolute Gasteiger partial charge is 0.318 e. The molecule has 1 saturated heterocycles. The summed E-state index contributed by atoms with van der Waals surface area (Å²) in [7, 11) is 0. The second kappa shape index (κ2) is 10.4. The van der Waals surface area contributed by atoms with Crippen molar-refractivity contribution in [2.75, 3.05) is 6.54 Å². The summed E-state index contributed by atoms with van der Waals surface area (Å²) in [6.45, 7) is 6.49. The van der Waals surface area contributed by atoms with Gasteiger partial charge >= 0.3 is 6.03 Å². The van der Waals surface area contributed by atoms with Gasteiger partial charge in [0.25, 0.3) is 0 Å². The van der Waals surface area contributed by atoms with E-state index in [1.54, 1.807) is 24.0 Å². The van der Waals surface area contributed by atoms with Crippen molar-refractivity contribution in [3.8, 4) is 0 Å². The molecule has 0 bridgehead atoms. The van der Waals surface area contributed by atoms with Crippen LogP contribution in [0.1, 0.15) is 55.8 Å². The molecule has 3 amide bonds. The average Bonchev–Trinajstić information content (AvgIpc) is 2.79. The Morgan fingerprint density at radius 2 is 1.90 bits per heavy atom. The molecule has 0 radical (unpaired) electrons. The van der Waals surface area contributed by atoms with Crippen LogP contribution < -0.4 is 10.6 Å². The normalized spacial score (nSPS) is 19.5. The molecule has 3 unspecified atom stereocenters. The molecule has 2 aromatic rings. The monoisotopic (exact) mass is 425 g/mol. The third kappa shape index (κ3) is 5.84. The minimum Gasteiger partial charge on any atom is -0.353 e. The van der Waals surface area contributed by atoms with Gasteiger partial charge in [-0.25, -0.2) is 9.18 Å². The molecule has 0 aliphatic carbocycles. The Morgan fingerprint density at radius 1 is 1.16 bits per heavy atom. The van der Waals surface area contributed by atoms with E-state index in [4.69, 9.17) is 0 Å². The first kappa shape index (κ1) is 22.8. The minimum absolute atomic E-state index is 0.0102. The highest BCUT2D eigenvalue weighted by molar-refractivity contribution is 5.81. The number of carbonyl (C=O) groups excluding carboxylic acids is 2. The van der Waals surface area contributed by atoms with E-state index in [1.807, 2.05) is 44.2 Å². The molecule has 0 saturated carbocycles. The van der Waals surface area contributed by atoms with Crippen molar-refractivity contribution in [2.45, 2.75) is 58.7 Å². The molecule has 31 heavy (non-hydrogen) atoms. The molecule has 3 atom stereocenters. The van der Waals surface area contributed by atoms with Crippen LogP contribution in [0.5, 0.6) is 0 Å². The molecule has 2 aromatic carbocycles. The number of hydrogen-bond donors (Lipinski definition) is 2. The summed E-state index contributed by atoms with van der Waals surface area (Å²) in [5, 5.41) is 6.03. The fraction of sp³-hybridized carbons (Fsp3) is 0.440. The number of piperidine rings is 1. The number of rotatable bonds is 6. The van der Waals surface area contributed by atoms with Gasteiger partial charge in [0.2, 0.25) is 5.91 Å². The third-order valence-corrected chi connectivity index (χ3v) is 6.07. The van der Waals surface area contributed by atoms with E-state index in [-0.39, 0.29) is 35.8 Å². The summed E-state index contributed by atoms with van der Waals surface area (Å²) >= 11 is 0. The van der Waals surface area contributed by atoms with Gasteiger partial charge in [-0.3, -0.25) is 4.79 Å². The molecular weight excluding hydrogens is 393 g/mol. The van der Waals surface area contributed by atoms with Crippen molar-refractivity contribution in [2.24, 2.45) is 5.92 Å². The predicted octanol–water partition coefficient (Wildman–Crippen LogP) is 4.71. The zero-order valence-corrected chi connectivity index (χ0v) is 18.5. The van der Waals surface area contributed by atoms with Crippen LogP contribution in [-0.2, 0) is 11.3 Å². The summed E-state index contributed by atoms with van der Waals surface area (Å²) in [6.07, 6.45) is 2.20. The van der Waals surface area contributed by atoms with Crippen molar-refractivity contribution in [1.29, 1.82) is 0 Å². The van der Waals surface area contributed by atoms with Crippen LogP contribution in [0.15, 0.2) is 48.5 Å². The highest BCUT2D eigenvalue weighted by atomic mass is 19.1. The van der Waals surface area contributed by atoms with Gasteiger partial charge in [-0.1, -0.05) is 49.4 Å². The van der Waals surface area contributed by atoms with E-state index in [9.17, 15) is 14.0 Å². The van der Waals surface area contributed by atoms with E-state index in [1.165, 1.54) is 6.07 Å². The molecule has 1 aliphatic heterocycles. The standard InChI is InChI=1S/C25H32FN3O2/c1-4-18(3)28-24(30)21-11-13-23(20-10-12-22(26)17(2)14-20)29(16-21)25(31)27-15-19-8-6-5-7-9-19/h5-10,12,14,18,21,23H,4,11,13,15-16H2,1-3H3,(H,27,31)(H,28,30). The SMILES string of the molecule is CCC(C)NC(=O)C1CCC(c2ccc(F)c(C)c2)N(C(=O)NCc2ccccc2)C1. The average molecular weight is 426 g/mol. The molecule has 3 rings (SSSR count). The molecule has 2 N–H and O–H groups in total. The minimum atomic E-state index is -0.259. The van der Waals surface area contributed by atoms with Gasteiger partial charge in [0.15, 0.2) is 0 Å². The molecule has 1 heterocycles. The van der Waals surface area contributed by atoms with Crippen LogP contribution in [0.2, 0.25) is 0 Å². The van der Waals surface area contributed by atoms with Gasteiger partial charge < -0.3 is 15.5 Å². The fourth-order valence-electron chi connectivity index (χ4n) is 3.97. The van der Waals surface area contributed by atoms with Gasteiger partial charge in [-0.2, -0.15) is 0 Å². The van der Waals surface area contributed by atoms with E-state index in [0.29, 0.717) is 31.5 Å². The van der Waals surface area contributed by atoms with E-state index < -0.39 is 0 Å². The summed E-state index contributed by atoms with van der Waals surface area (Å²) in [5.41, 5.74) is 2.46. The first-order chi connectivity index (χ1) is 14.9. The Kier molecular flexibility index (Phi) is 7.66. The number of halogens is 1. The zero-order chi connectivity index (χ0) is 22.4. The molecule has 6 heteroatoms. The summed E-state index contributed by atoms with van der Waals surface area (Å²) in [5.74, 6) is -0.524. The van der Waals surface area contributed by atoms with Gasteiger partial charge in [0.05, 0.1) is 12.0 Å². The highest BCUT2D eigenvalue weighted by Crippen LogP contribution is 2.34. The Bertz CT molecular complexity index is 903. The van der Waals surface area contributed by atoms with Crippen LogP contribution in [0.3, 0.4) is 0 Å². The van der Waals surface area contributed by atoms with Crippen molar-refractivity contribution >= 4 is 11.9 Å². The van der Waals surface area contributed by atoms with E-state index in [2.05, 4.69) is 10.6 Å². The van der Waals surface area contributed by atoms with Crippen LogP contribution in [0.25, 0.3) is 0 Å². The number of hydrogen-bond acceptors (Lipinski definition) is 2. The molecule has 0 spiro atoms. The third-order valence-electron chi connectivity index (χ3n) is 6.07. The number of amides is 3. The Labute approximate surface area is 184 Å². The first-order valence-electron chi connectivity index (χ1n) is 11.0. The maximum Gasteiger partial charge on any atom is 0.318 e. The number of nitrogens with one attached hydrogen (secondary N) is 2. The summed E-state index contributed by atoms with van der Waals surface area (Å²) < 4.78 is 13.8. The summed E-state index contributed by atoms with van der Waals surface area (Å²) in [4.78, 5) is 27.6. The molecule has 5 nitrogen and oxygen atoms in total. The van der Waals surface area contributed by atoms with Gasteiger partial charge in [0, 0.05) is 19.1 Å². The molecule has 1 fully saturated rings. The van der Waals surface area contributed by atoms with E-state index >= 15 is 0 Å². The number of benzene rings is 2. The Morgan fingerprint density at radius 3 is 2.58 bits per heavy atom. The lowest BCUT2D eigenvalue weighted by molar-refractivity contribution is -0.127. The lowest BCUT2D eigenvalue weighted by atomic mass is 9.88. The highest BCUT2D eigenvalue weighted by Gasteiger charge is 2.36. The zero-order valence-electron chi connectivity index (χ0n) is 18.5. The van der Waals surface area contributed by atoms with Gasteiger partial charge in [-0.05, 0) is 55.9 Å². The number of nitrogens with zero attached hydrogens (tertiary/aromatic N) is 1. The fourth-order valence-corrected chi connectivity index (χ4v) is 3.97. The van der Waals surface area contributed by atoms with E-state index in [0.717, 1.165) is 17.5 Å². The van der Waals surface area contributed by atoms with Crippen molar-refractivity contribution in [1.82, 2.24) is 15.5 Å². The lowest BCUT2D eigenvalue weighted by Crippen LogP contribution is -2.51. The largest absolute Gasteiger partial charge is 0.353 e. The maximum atomic E-state index is 13.8. The number of likely N-dealkylation sites (tertiary alicyclic amines) is 1. The first-order valence-corrected chi connectivity index (χ1v) is 11.0. The topological polar surface area (TPSA) is 61.4 Å². The van der Waals surface area contributed by atoms with Crippen molar-refractivity contribution < 1.29 is 14.0 Å². The van der Waals surface area contributed by atoms with Crippen LogP contribution in [0.4, 0.5) is 9.18 Å². The number of carbonyl (C=O) groups is 2. The Balaban J connectivity index is 1.78. The predicted molar refractivity (Wildman–Crippen MR) is 120 cm³/mol. The van der Waals surface area contributed by atoms with Crippen molar-refractivity contribution in [3.63, 3.8) is 0 Å². The quantitative estimate of drug-likeness (QED) is 0.704. The maximum absolute atomic E-state index is 13.8. The van der Waals surface area contributed by atoms with Crippen molar-refractivity contribution in [3.05, 3.63) is 71.0 Å². The molecule has 166 valence electrons. The van der Waals surface area contributed by atoms with Crippen LogP contribution >= 0.6 is 0 Å². The molecule has 1 aliphatic rings.